The number of nitrogens with two attached hydrogens (primary N) is 1. The number of primary amides is 1. The van der Waals surface area contributed by atoms with Crippen LogP contribution < -0.4 is 27.0 Å². The van der Waals surface area contributed by atoms with Gasteiger partial charge in [-0.1, -0.05) is 27.2 Å². The molecule has 1 saturated carbocycles. The van der Waals surface area contributed by atoms with Gasteiger partial charge in [0.2, 0.25) is 17.7 Å². The Bertz CT molecular complexity index is 928. The molecule has 214 valence electrons. The highest BCUT2D eigenvalue weighted by molar-refractivity contribution is 6.37. The molecule has 38 heavy (non-hydrogen) atoms. The number of carbonyl (C=O) groups excluding carboxylic acids is 6. The van der Waals surface area contributed by atoms with Crippen molar-refractivity contribution >= 4 is 35.4 Å². The van der Waals surface area contributed by atoms with E-state index in [0.717, 1.165) is 19.3 Å². The van der Waals surface area contributed by atoms with Gasteiger partial charge in [0, 0.05) is 25.7 Å². The highest BCUT2D eigenvalue weighted by Crippen LogP contribution is 2.26. The van der Waals surface area contributed by atoms with Crippen LogP contribution in [0.4, 0.5) is 4.79 Å². The van der Waals surface area contributed by atoms with E-state index in [1.54, 1.807) is 27.8 Å². The number of urea groups is 1. The number of hydrogen-bond donors (Lipinski definition) is 5. The zero-order chi connectivity index (χ0) is 28.8. The van der Waals surface area contributed by atoms with Crippen molar-refractivity contribution < 1.29 is 28.8 Å². The third-order valence-corrected chi connectivity index (χ3v) is 7.09. The van der Waals surface area contributed by atoms with Crippen LogP contribution in [-0.4, -0.2) is 95.7 Å². The van der Waals surface area contributed by atoms with Crippen molar-refractivity contribution in [2.45, 2.75) is 97.1 Å². The lowest BCUT2D eigenvalue weighted by Gasteiger charge is -2.36. The van der Waals surface area contributed by atoms with E-state index in [4.69, 9.17) is 5.73 Å². The Morgan fingerprint density at radius 3 is 2.13 bits per heavy atom. The second-order valence-corrected chi connectivity index (χ2v) is 11.4. The minimum absolute atomic E-state index is 0.00916. The van der Waals surface area contributed by atoms with Crippen LogP contribution in [0.25, 0.3) is 0 Å². The van der Waals surface area contributed by atoms with Crippen LogP contribution in [0.3, 0.4) is 0 Å². The summed E-state index contributed by atoms with van der Waals surface area (Å²) in [6, 6.07) is -2.60. The first kappa shape index (κ1) is 31.0. The molecule has 13 nitrogen and oxygen atoms in total. The number of nitrogens with zero attached hydrogens (tertiary/aromatic N) is 2. The van der Waals surface area contributed by atoms with Crippen molar-refractivity contribution in [3.8, 4) is 0 Å². The molecular formula is C25H43N7O6. The van der Waals surface area contributed by atoms with Crippen LogP contribution in [0, 0.1) is 5.41 Å². The third kappa shape index (κ3) is 8.14. The van der Waals surface area contributed by atoms with Gasteiger partial charge in [-0.3, -0.25) is 29.3 Å². The second kappa shape index (κ2) is 13.0. The number of Topliss-reactive ketones (excluding diaryl/α,β-unsaturated/α-hetero) is 1. The molecule has 2 rings (SSSR count). The molecule has 6 amide bonds. The molecule has 1 aliphatic heterocycles. The molecule has 6 N–H and O–H groups in total. The van der Waals surface area contributed by atoms with Crippen molar-refractivity contribution in [1.29, 1.82) is 0 Å². The molecule has 13 heteroatoms. The molecule has 0 spiro atoms. The Hall–Kier alpha value is -3.22. The summed E-state index contributed by atoms with van der Waals surface area (Å²) in [4.78, 5) is 78.3. The van der Waals surface area contributed by atoms with E-state index in [1.165, 1.54) is 9.80 Å². The Balaban J connectivity index is 2.09. The molecule has 1 aliphatic carbocycles. The van der Waals surface area contributed by atoms with E-state index in [-0.39, 0.29) is 31.1 Å². The molecule has 0 bridgehead atoms. The smallest absolute Gasteiger partial charge is 0.315 e. The van der Waals surface area contributed by atoms with Gasteiger partial charge in [-0.15, -0.1) is 0 Å². The molecule has 0 aromatic carbocycles. The first-order valence-electron chi connectivity index (χ1n) is 13.1. The fourth-order valence-corrected chi connectivity index (χ4v) is 4.24. The van der Waals surface area contributed by atoms with Gasteiger partial charge in [-0.2, -0.15) is 0 Å². The minimum atomic E-state index is -1.27. The lowest BCUT2D eigenvalue weighted by Crippen LogP contribution is -2.62. The van der Waals surface area contributed by atoms with Crippen molar-refractivity contribution in [2.75, 3.05) is 20.1 Å². The third-order valence-electron chi connectivity index (χ3n) is 7.09. The van der Waals surface area contributed by atoms with Crippen molar-refractivity contribution in [2.24, 2.45) is 11.1 Å². The van der Waals surface area contributed by atoms with Gasteiger partial charge in [0.05, 0.1) is 6.54 Å². The van der Waals surface area contributed by atoms with E-state index in [1.807, 2.05) is 13.8 Å². The van der Waals surface area contributed by atoms with E-state index in [2.05, 4.69) is 21.3 Å². The number of rotatable bonds is 11. The SMILES string of the molecule is CC(C)N(C)C(=O)CNC(=O)NC(C(=O)N1CCCC1C(=O)NC(NC1CCC1)C(=O)C(N)=O)C(C)(C)C. The van der Waals surface area contributed by atoms with Crippen LogP contribution in [0.5, 0.6) is 0 Å². The number of likely N-dealkylation sites (tertiary alicyclic amines) is 1. The maximum absolute atomic E-state index is 13.6. The summed E-state index contributed by atoms with van der Waals surface area (Å²) in [6.07, 6.45) is 2.24. The van der Waals surface area contributed by atoms with Crippen molar-refractivity contribution in [3.05, 3.63) is 0 Å². The average Bonchev–Trinajstić information content (AvgIpc) is 3.30. The zero-order valence-corrected chi connectivity index (χ0v) is 23.3. The summed E-state index contributed by atoms with van der Waals surface area (Å²) in [5.41, 5.74) is 4.46. The molecule has 3 unspecified atom stereocenters. The molecule has 1 saturated heterocycles. The number of nitrogens with one attached hydrogen (secondary N) is 4. The number of hydrogen-bond acceptors (Lipinski definition) is 7. The summed E-state index contributed by atoms with van der Waals surface area (Å²) >= 11 is 0. The first-order chi connectivity index (χ1) is 17.6. The quantitative estimate of drug-likeness (QED) is 0.169. The molecular weight excluding hydrogens is 494 g/mol. The summed E-state index contributed by atoms with van der Waals surface area (Å²) in [6.45, 7) is 9.10. The minimum Gasteiger partial charge on any atom is -0.363 e. The predicted molar refractivity (Wildman–Crippen MR) is 139 cm³/mol. The van der Waals surface area contributed by atoms with E-state index >= 15 is 0 Å². The van der Waals surface area contributed by atoms with Crippen LogP contribution in [0.1, 0.15) is 66.7 Å². The normalized spacial score (nSPS) is 19.2. The van der Waals surface area contributed by atoms with Crippen LogP contribution in [0.15, 0.2) is 0 Å². The Morgan fingerprint density at radius 2 is 1.63 bits per heavy atom. The molecule has 0 aromatic rings. The Kier molecular flexibility index (Phi) is 10.6. The van der Waals surface area contributed by atoms with Crippen molar-refractivity contribution in [3.63, 3.8) is 0 Å². The summed E-state index contributed by atoms with van der Waals surface area (Å²) in [5.74, 6) is -3.43. The van der Waals surface area contributed by atoms with E-state index in [9.17, 15) is 28.8 Å². The maximum atomic E-state index is 13.6. The van der Waals surface area contributed by atoms with Gasteiger partial charge < -0.3 is 31.5 Å². The summed E-state index contributed by atoms with van der Waals surface area (Å²) in [5, 5.41) is 10.7. The van der Waals surface area contributed by atoms with Gasteiger partial charge in [0.25, 0.3) is 11.7 Å². The van der Waals surface area contributed by atoms with Crippen LogP contribution in [0.2, 0.25) is 0 Å². The maximum Gasteiger partial charge on any atom is 0.315 e. The van der Waals surface area contributed by atoms with E-state index in [0.29, 0.717) is 12.8 Å². The van der Waals surface area contributed by atoms with Gasteiger partial charge >= 0.3 is 6.03 Å². The highest BCUT2D eigenvalue weighted by atomic mass is 16.2. The second-order valence-electron chi connectivity index (χ2n) is 11.4. The van der Waals surface area contributed by atoms with Crippen LogP contribution in [-0.2, 0) is 24.0 Å². The van der Waals surface area contributed by atoms with Crippen molar-refractivity contribution in [1.82, 2.24) is 31.1 Å². The number of likely N-dealkylation sites (N-methyl/N-ethyl adjacent to an activating group) is 1. The summed E-state index contributed by atoms with van der Waals surface area (Å²) in [7, 11) is 1.63. The highest BCUT2D eigenvalue weighted by Gasteiger charge is 2.43. The standard InChI is InChI=1S/C25H43N7O6/c1-14(2)31(6)17(33)13-27-24(38)29-19(25(3,4)5)23(37)32-12-8-11-16(32)22(36)30-21(18(34)20(26)35)28-15-9-7-10-15/h14-16,19,21,28H,7-13H2,1-6H3,(H2,26,35)(H,30,36)(H2,27,29,38). The number of amides is 6. The molecule has 3 atom stereocenters. The van der Waals surface area contributed by atoms with Gasteiger partial charge in [-0.05, 0) is 44.9 Å². The lowest BCUT2D eigenvalue weighted by molar-refractivity contribution is -0.143. The molecule has 0 radical (unpaired) electrons. The van der Waals surface area contributed by atoms with Gasteiger partial charge in [0.1, 0.15) is 18.2 Å². The molecule has 1 heterocycles. The Labute approximate surface area is 224 Å². The largest absolute Gasteiger partial charge is 0.363 e. The first-order valence-corrected chi connectivity index (χ1v) is 13.1. The van der Waals surface area contributed by atoms with E-state index < -0.39 is 53.2 Å². The average molecular weight is 538 g/mol. The van der Waals surface area contributed by atoms with Crippen LogP contribution >= 0.6 is 0 Å². The number of carbonyl (C=O) groups is 6. The Morgan fingerprint density at radius 1 is 1.00 bits per heavy atom. The number of ketones is 1. The molecule has 2 fully saturated rings. The van der Waals surface area contributed by atoms with Gasteiger partial charge in [0.15, 0.2) is 0 Å². The molecule has 2 aliphatic rings. The monoisotopic (exact) mass is 537 g/mol. The predicted octanol–water partition coefficient (Wildman–Crippen LogP) is -0.803. The fourth-order valence-electron chi connectivity index (χ4n) is 4.24. The molecule has 0 aromatic heterocycles. The summed E-state index contributed by atoms with van der Waals surface area (Å²) < 4.78 is 0. The fraction of sp³-hybridized carbons (Fsp3) is 0.760. The lowest BCUT2D eigenvalue weighted by atomic mass is 9.85. The zero-order valence-electron chi connectivity index (χ0n) is 23.3. The van der Waals surface area contributed by atoms with Gasteiger partial charge in [-0.25, -0.2) is 4.79 Å². The topological polar surface area (TPSA) is 183 Å².